The third kappa shape index (κ3) is 3.30. The van der Waals surface area contributed by atoms with E-state index in [-0.39, 0.29) is 17.6 Å². The van der Waals surface area contributed by atoms with Crippen LogP contribution in [-0.2, 0) is 0 Å². The molecule has 1 aliphatic heterocycles. The number of benzene rings is 2. The number of rotatable bonds is 2. The molecule has 6 heteroatoms. The maximum absolute atomic E-state index is 13.7. The molecule has 1 aliphatic rings. The van der Waals surface area contributed by atoms with Crippen LogP contribution in [0.4, 0.5) is 4.39 Å². The summed E-state index contributed by atoms with van der Waals surface area (Å²) < 4.78 is 13.7. The second kappa shape index (κ2) is 6.87. The van der Waals surface area contributed by atoms with Gasteiger partial charge in [-0.1, -0.05) is 24.3 Å². The van der Waals surface area contributed by atoms with Crippen molar-refractivity contribution in [1.29, 1.82) is 0 Å². The third-order valence-corrected chi connectivity index (χ3v) is 5.03. The minimum atomic E-state index is -0.381. The number of piperazine rings is 1. The molecule has 1 aromatic heterocycles. The highest BCUT2D eigenvalue weighted by Crippen LogP contribution is 2.18. The first kappa shape index (κ1) is 17.3. The van der Waals surface area contributed by atoms with E-state index in [1.165, 1.54) is 6.07 Å². The molecule has 0 spiro atoms. The van der Waals surface area contributed by atoms with Gasteiger partial charge in [0.15, 0.2) is 0 Å². The number of H-pyrrole nitrogens is 1. The molecule has 0 aliphatic carbocycles. The Kier molecular flexibility index (Phi) is 4.39. The highest BCUT2D eigenvalue weighted by atomic mass is 19.1. The fourth-order valence-corrected chi connectivity index (χ4v) is 3.38. The molecule has 1 saturated heterocycles. The number of aromatic nitrogens is 1. The van der Waals surface area contributed by atoms with Gasteiger partial charge in [0.05, 0.1) is 0 Å². The molecule has 138 valence electrons. The summed E-state index contributed by atoms with van der Waals surface area (Å²) in [5, 5.41) is 0.996. The SMILES string of the molecule is Cc1ccc(C(=O)N2CCN(C(=O)c3cc4ccccc4[nH]3)CC2)cc1F. The molecule has 1 N–H and O–H groups in total. The number of amides is 2. The fraction of sp³-hybridized carbons (Fsp3) is 0.238. The van der Waals surface area contributed by atoms with Crippen molar-refractivity contribution in [3.63, 3.8) is 0 Å². The molecular weight excluding hydrogens is 345 g/mol. The highest BCUT2D eigenvalue weighted by Gasteiger charge is 2.26. The minimum Gasteiger partial charge on any atom is -0.351 e. The van der Waals surface area contributed by atoms with Gasteiger partial charge < -0.3 is 14.8 Å². The van der Waals surface area contributed by atoms with Crippen LogP contribution < -0.4 is 0 Å². The third-order valence-electron chi connectivity index (χ3n) is 5.03. The molecule has 5 nitrogen and oxygen atoms in total. The monoisotopic (exact) mass is 365 g/mol. The van der Waals surface area contributed by atoms with Gasteiger partial charge in [0.25, 0.3) is 11.8 Å². The van der Waals surface area contributed by atoms with Crippen molar-refractivity contribution in [1.82, 2.24) is 14.8 Å². The summed E-state index contributed by atoms with van der Waals surface area (Å²) >= 11 is 0. The molecule has 0 bridgehead atoms. The summed E-state index contributed by atoms with van der Waals surface area (Å²) in [7, 11) is 0. The lowest BCUT2D eigenvalue weighted by molar-refractivity contribution is 0.0532. The van der Waals surface area contributed by atoms with Gasteiger partial charge in [0, 0.05) is 42.6 Å². The van der Waals surface area contributed by atoms with Gasteiger partial charge in [-0.2, -0.15) is 0 Å². The van der Waals surface area contributed by atoms with Crippen LogP contribution >= 0.6 is 0 Å². The van der Waals surface area contributed by atoms with Crippen LogP contribution in [0.2, 0.25) is 0 Å². The van der Waals surface area contributed by atoms with Crippen molar-refractivity contribution in [2.24, 2.45) is 0 Å². The van der Waals surface area contributed by atoms with Crippen LogP contribution in [0.1, 0.15) is 26.4 Å². The molecule has 27 heavy (non-hydrogen) atoms. The number of halogens is 1. The maximum atomic E-state index is 13.7. The molecule has 1 fully saturated rings. The smallest absolute Gasteiger partial charge is 0.270 e. The van der Waals surface area contributed by atoms with Crippen molar-refractivity contribution in [2.45, 2.75) is 6.92 Å². The predicted octanol–water partition coefficient (Wildman–Crippen LogP) is 3.21. The van der Waals surface area contributed by atoms with Crippen LogP contribution in [0.15, 0.2) is 48.5 Å². The number of carbonyl (C=O) groups excluding carboxylic acids is 2. The topological polar surface area (TPSA) is 56.4 Å². The van der Waals surface area contributed by atoms with Crippen molar-refractivity contribution in [3.8, 4) is 0 Å². The first-order chi connectivity index (χ1) is 13.0. The lowest BCUT2D eigenvalue weighted by atomic mass is 10.1. The van der Waals surface area contributed by atoms with E-state index in [2.05, 4.69) is 4.98 Å². The van der Waals surface area contributed by atoms with Gasteiger partial charge in [0.1, 0.15) is 11.5 Å². The van der Waals surface area contributed by atoms with Crippen molar-refractivity contribution in [3.05, 3.63) is 71.2 Å². The number of fused-ring (bicyclic) bond motifs is 1. The fourth-order valence-electron chi connectivity index (χ4n) is 3.38. The molecular formula is C21H20FN3O2. The normalized spacial score (nSPS) is 14.6. The molecule has 2 amide bonds. The second-order valence-electron chi connectivity index (χ2n) is 6.82. The number of nitrogens with one attached hydrogen (secondary N) is 1. The van der Waals surface area contributed by atoms with Crippen molar-refractivity contribution >= 4 is 22.7 Å². The van der Waals surface area contributed by atoms with E-state index in [4.69, 9.17) is 0 Å². The first-order valence-electron chi connectivity index (χ1n) is 8.95. The Morgan fingerprint density at radius 3 is 2.26 bits per heavy atom. The van der Waals surface area contributed by atoms with E-state index in [0.29, 0.717) is 43.0 Å². The van der Waals surface area contributed by atoms with Crippen LogP contribution in [-0.4, -0.2) is 52.8 Å². The zero-order valence-electron chi connectivity index (χ0n) is 15.0. The summed E-state index contributed by atoms with van der Waals surface area (Å²) in [5.74, 6) is -0.653. The molecule has 3 aromatic rings. The molecule has 0 radical (unpaired) electrons. The van der Waals surface area contributed by atoms with E-state index in [1.807, 2.05) is 30.3 Å². The lowest BCUT2D eigenvalue weighted by Crippen LogP contribution is -2.50. The van der Waals surface area contributed by atoms with Crippen LogP contribution in [0.3, 0.4) is 0 Å². The van der Waals surface area contributed by atoms with Crippen molar-refractivity contribution < 1.29 is 14.0 Å². The van der Waals surface area contributed by atoms with Gasteiger partial charge in [-0.05, 0) is 36.8 Å². The molecule has 2 aromatic carbocycles. The Morgan fingerprint density at radius 2 is 1.59 bits per heavy atom. The summed E-state index contributed by atoms with van der Waals surface area (Å²) in [4.78, 5) is 31.9. The standard InChI is InChI=1S/C21H20FN3O2/c1-14-6-7-16(12-17(14)22)20(26)24-8-10-25(11-9-24)21(27)19-13-15-4-2-3-5-18(15)23-19/h2-7,12-13,23H,8-11H2,1H3. The molecule has 0 saturated carbocycles. The Hall–Kier alpha value is -3.15. The molecule has 0 unspecified atom stereocenters. The zero-order valence-corrected chi connectivity index (χ0v) is 15.0. The van der Waals surface area contributed by atoms with E-state index < -0.39 is 0 Å². The Balaban J connectivity index is 1.42. The molecule has 4 rings (SSSR count). The van der Waals surface area contributed by atoms with Gasteiger partial charge in [-0.25, -0.2) is 4.39 Å². The van der Waals surface area contributed by atoms with Gasteiger partial charge in [0.2, 0.25) is 0 Å². The minimum absolute atomic E-state index is 0.0697. The number of aromatic amines is 1. The van der Waals surface area contributed by atoms with Gasteiger partial charge in [-0.3, -0.25) is 9.59 Å². The quantitative estimate of drug-likeness (QED) is 0.758. The van der Waals surface area contributed by atoms with Gasteiger partial charge in [-0.15, -0.1) is 0 Å². The number of aryl methyl sites for hydroxylation is 1. The van der Waals surface area contributed by atoms with Gasteiger partial charge >= 0.3 is 0 Å². The van der Waals surface area contributed by atoms with Crippen molar-refractivity contribution in [2.75, 3.05) is 26.2 Å². The van der Waals surface area contributed by atoms with E-state index in [0.717, 1.165) is 10.9 Å². The van der Waals surface area contributed by atoms with Crippen LogP contribution in [0.5, 0.6) is 0 Å². The summed E-state index contributed by atoms with van der Waals surface area (Å²) in [6.07, 6.45) is 0. The summed E-state index contributed by atoms with van der Waals surface area (Å²) in [6.45, 7) is 3.43. The zero-order chi connectivity index (χ0) is 19.0. The van der Waals surface area contributed by atoms with E-state index in [9.17, 15) is 14.0 Å². The summed E-state index contributed by atoms with van der Waals surface area (Å²) in [6, 6.07) is 14.1. The Bertz CT molecular complexity index is 986. The van der Waals surface area contributed by atoms with Crippen LogP contribution in [0.25, 0.3) is 10.9 Å². The molecule has 0 atom stereocenters. The highest BCUT2D eigenvalue weighted by molar-refractivity contribution is 5.98. The second-order valence-corrected chi connectivity index (χ2v) is 6.82. The lowest BCUT2D eigenvalue weighted by Gasteiger charge is -2.34. The molecule has 2 heterocycles. The Labute approximate surface area is 156 Å². The predicted molar refractivity (Wildman–Crippen MR) is 101 cm³/mol. The number of carbonyl (C=O) groups is 2. The number of nitrogens with zero attached hydrogens (tertiary/aromatic N) is 2. The van der Waals surface area contributed by atoms with E-state index >= 15 is 0 Å². The summed E-state index contributed by atoms with van der Waals surface area (Å²) in [5.41, 5.74) is 2.33. The Morgan fingerprint density at radius 1 is 0.926 bits per heavy atom. The van der Waals surface area contributed by atoms with E-state index in [1.54, 1.807) is 28.9 Å². The number of hydrogen-bond acceptors (Lipinski definition) is 2. The van der Waals surface area contributed by atoms with Crippen LogP contribution in [0, 0.1) is 12.7 Å². The average molecular weight is 365 g/mol. The number of para-hydroxylation sites is 1. The average Bonchev–Trinajstić information content (AvgIpc) is 3.13. The largest absolute Gasteiger partial charge is 0.351 e. The first-order valence-corrected chi connectivity index (χ1v) is 8.95. The maximum Gasteiger partial charge on any atom is 0.270 e. The number of hydrogen-bond donors (Lipinski definition) is 1.